The fourth-order valence-electron chi connectivity index (χ4n) is 4.38. The number of carbonyl (C=O) groups excluding carboxylic acids is 1. The number of hydrogen-bond donors (Lipinski definition) is 0. The van der Waals surface area contributed by atoms with E-state index in [0.29, 0.717) is 18.0 Å². The minimum Gasteiger partial charge on any atom is -0.497 e. The van der Waals surface area contributed by atoms with E-state index in [-0.39, 0.29) is 11.9 Å². The van der Waals surface area contributed by atoms with Crippen LogP contribution >= 0.6 is 0 Å². The van der Waals surface area contributed by atoms with Crippen LogP contribution in [0.2, 0.25) is 0 Å². The van der Waals surface area contributed by atoms with E-state index in [9.17, 15) is 13.2 Å². The normalized spacial score (nSPS) is 19.8. The van der Waals surface area contributed by atoms with Gasteiger partial charge < -0.3 is 9.64 Å². The van der Waals surface area contributed by atoms with Crippen molar-refractivity contribution in [3.05, 3.63) is 53.6 Å². The summed E-state index contributed by atoms with van der Waals surface area (Å²) >= 11 is 0. The SMILES string of the molecule is COc1ccc(C2CCCN2S(=O)(=O)c2ccc3c(c2)CCCN3C(C)=O)cc1. The van der Waals surface area contributed by atoms with Crippen LogP contribution in [0.3, 0.4) is 0 Å². The molecule has 0 N–H and O–H groups in total. The number of amides is 1. The monoisotopic (exact) mass is 414 g/mol. The quantitative estimate of drug-likeness (QED) is 0.768. The lowest BCUT2D eigenvalue weighted by molar-refractivity contribution is -0.116. The molecule has 1 fully saturated rings. The second-order valence-corrected chi connectivity index (χ2v) is 9.50. The molecular weight excluding hydrogens is 388 g/mol. The van der Waals surface area contributed by atoms with Gasteiger partial charge in [0.2, 0.25) is 15.9 Å². The highest BCUT2D eigenvalue weighted by atomic mass is 32.2. The molecule has 1 amide bonds. The van der Waals surface area contributed by atoms with Crippen LogP contribution in [0.5, 0.6) is 5.75 Å². The summed E-state index contributed by atoms with van der Waals surface area (Å²) in [6.07, 6.45) is 3.26. The highest BCUT2D eigenvalue weighted by Gasteiger charge is 2.36. The van der Waals surface area contributed by atoms with Crippen LogP contribution in [0.4, 0.5) is 5.69 Å². The summed E-state index contributed by atoms with van der Waals surface area (Å²) in [5.74, 6) is 0.742. The standard InChI is InChI=1S/C22H26N2O4S/c1-16(25)23-13-3-5-18-15-20(11-12-21(18)23)29(26,27)24-14-4-6-22(24)17-7-9-19(28-2)10-8-17/h7-12,15,22H,3-6,13-14H2,1-2H3. The van der Waals surface area contributed by atoms with Gasteiger partial charge in [0.15, 0.2) is 0 Å². The number of fused-ring (bicyclic) bond motifs is 1. The Morgan fingerprint density at radius 2 is 1.83 bits per heavy atom. The molecule has 2 heterocycles. The van der Waals surface area contributed by atoms with E-state index in [2.05, 4.69) is 0 Å². The molecule has 2 aliphatic rings. The van der Waals surface area contributed by atoms with Crippen molar-refractivity contribution < 1.29 is 17.9 Å². The first-order chi connectivity index (χ1) is 13.9. The van der Waals surface area contributed by atoms with Crippen LogP contribution < -0.4 is 9.64 Å². The lowest BCUT2D eigenvalue weighted by Gasteiger charge is -2.30. The molecule has 1 atom stereocenters. The summed E-state index contributed by atoms with van der Waals surface area (Å²) in [4.78, 5) is 13.9. The summed E-state index contributed by atoms with van der Waals surface area (Å²) < 4.78 is 33.8. The molecule has 0 saturated carbocycles. The van der Waals surface area contributed by atoms with Gasteiger partial charge in [-0.15, -0.1) is 0 Å². The van der Waals surface area contributed by atoms with Crippen LogP contribution in [-0.4, -0.2) is 38.8 Å². The molecule has 4 rings (SSSR count). The van der Waals surface area contributed by atoms with Crippen LogP contribution in [0.25, 0.3) is 0 Å². The van der Waals surface area contributed by atoms with Gasteiger partial charge in [0.25, 0.3) is 0 Å². The van der Waals surface area contributed by atoms with E-state index in [4.69, 9.17) is 4.74 Å². The number of anilines is 1. The summed E-state index contributed by atoms with van der Waals surface area (Å²) in [5, 5.41) is 0. The Balaban J connectivity index is 1.66. The number of rotatable bonds is 4. The third-order valence-electron chi connectivity index (χ3n) is 5.86. The van der Waals surface area contributed by atoms with Crippen LogP contribution in [0.1, 0.15) is 43.4 Å². The molecule has 7 heteroatoms. The van der Waals surface area contributed by atoms with E-state index in [1.54, 1.807) is 41.4 Å². The van der Waals surface area contributed by atoms with Gasteiger partial charge >= 0.3 is 0 Å². The minimum atomic E-state index is -3.62. The molecule has 29 heavy (non-hydrogen) atoms. The number of methoxy groups -OCH3 is 1. The Morgan fingerprint density at radius 1 is 1.07 bits per heavy atom. The van der Waals surface area contributed by atoms with Gasteiger partial charge in [-0.25, -0.2) is 8.42 Å². The number of aryl methyl sites for hydroxylation is 1. The maximum atomic E-state index is 13.5. The van der Waals surface area contributed by atoms with Crippen molar-refractivity contribution in [3.63, 3.8) is 0 Å². The molecule has 2 aromatic carbocycles. The fourth-order valence-corrected chi connectivity index (χ4v) is 6.12. The summed E-state index contributed by atoms with van der Waals surface area (Å²) in [5.41, 5.74) is 2.73. The van der Waals surface area contributed by atoms with E-state index >= 15 is 0 Å². The van der Waals surface area contributed by atoms with Gasteiger partial charge in [-0.1, -0.05) is 12.1 Å². The minimum absolute atomic E-state index is 0.0133. The predicted octanol–water partition coefficient (Wildman–Crippen LogP) is 3.52. The Morgan fingerprint density at radius 3 is 2.52 bits per heavy atom. The van der Waals surface area contributed by atoms with E-state index < -0.39 is 10.0 Å². The van der Waals surface area contributed by atoms with Crippen LogP contribution in [0, 0.1) is 0 Å². The third-order valence-corrected chi connectivity index (χ3v) is 7.76. The molecule has 2 aliphatic heterocycles. The first-order valence-electron chi connectivity index (χ1n) is 9.98. The average molecular weight is 415 g/mol. The number of sulfonamides is 1. The zero-order valence-electron chi connectivity index (χ0n) is 16.8. The van der Waals surface area contributed by atoms with Gasteiger partial charge in [0.05, 0.1) is 18.0 Å². The van der Waals surface area contributed by atoms with Crippen LogP contribution in [0.15, 0.2) is 47.4 Å². The fraction of sp³-hybridized carbons (Fsp3) is 0.409. The highest BCUT2D eigenvalue weighted by Crippen LogP contribution is 2.38. The zero-order chi connectivity index (χ0) is 20.6. The summed E-state index contributed by atoms with van der Waals surface area (Å²) in [6, 6.07) is 12.6. The molecule has 2 aromatic rings. The third kappa shape index (κ3) is 3.65. The highest BCUT2D eigenvalue weighted by molar-refractivity contribution is 7.89. The van der Waals surface area contributed by atoms with E-state index in [0.717, 1.165) is 48.2 Å². The molecule has 1 unspecified atom stereocenters. The second kappa shape index (κ2) is 7.80. The first-order valence-corrected chi connectivity index (χ1v) is 11.4. The van der Waals surface area contributed by atoms with Crippen molar-refractivity contribution in [1.82, 2.24) is 4.31 Å². The average Bonchev–Trinajstić information content (AvgIpc) is 3.23. The number of hydrogen-bond acceptors (Lipinski definition) is 4. The van der Waals surface area contributed by atoms with Gasteiger partial charge in [0.1, 0.15) is 5.75 Å². The number of nitrogens with zero attached hydrogens (tertiary/aromatic N) is 2. The van der Waals surface area contributed by atoms with Gasteiger partial charge in [-0.3, -0.25) is 4.79 Å². The summed E-state index contributed by atoms with van der Waals surface area (Å²) in [7, 11) is -2.01. The second-order valence-electron chi connectivity index (χ2n) is 7.61. The van der Waals surface area contributed by atoms with Crippen molar-refractivity contribution in [2.45, 2.75) is 43.5 Å². The van der Waals surface area contributed by atoms with Crippen molar-refractivity contribution in [2.24, 2.45) is 0 Å². The predicted molar refractivity (Wildman–Crippen MR) is 112 cm³/mol. The van der Waals surface area contributed by atoms with Crippen molar-refractivity contribution in [3.8, 4) is 5.75 Å². The number of carbonyl (C=O) groups is 1. The van der Waals surface area contributed by atoms with Crippen molar-refractivity contribution >= 4 is 21.6 Å². The molecule has 0 bridgehead atoms. The lowest BCUT2D eigenvalue weighted by atomic mass is 10.0. The van der Waals surface area contributed by atoms with Gasteiger partial charge in [-0.05, 0) is 67.1 Å². The topological polar surface area (TPSA) is 66.9 Å². The Bertz CT molecular complexity index is 1020. The Labute approximate surface area is 172 Å². The maximum Gasteiger partial charge on any atom is 0.243 e. The van der Waals surface area contributed by atoms with Crippen molar-refractivity contribution in [2.75, 3.05) is 25.1 Å². The van der Waals surface area contributed by atoms with Gasteiger partial charge in [0, 0.05) is 25.7 Å². The van der Waals surface area contributed by atoms with Gasteiger partial charge in [-0.2, -0.15) is 4.31 Å². The zero-order valence-corrected chi connectivity index (χ0v) is 17.6. The number of benzene rings is 2. The molecule has 1 saturated heterocycles. The number of ether oxygens (including phenoxy) is 1. The summed E-state index contributed by atoms with van der Waals surface area (Å²) in [6.45, 7) is 2.74. The molecule has 0 aromatic heterocycles. The molecule has 0 radical (unpaired) electrons. The largest absolute Gasteiger partial charge is 0.497 e. The van der Waals surface area contributed by atoms with Crippen LogP contribution in [-0.2, 0) is 21.2 Å². The lowest BCUT2D eigenvalue weighted by Crippen LogP contribution is -2.34. The molecule has 0 spiro atoms. The van der Waals surface area contributed by atoms with Crippen molar-refractivity contribution in [1.29, 1.82) is 0 Å². The molecule has 6 nitrogen and oxygen atoms in total. The molecular formula is C22H26N2O4S. The maximum absolute atomic E-state index is 13.5. The smallest absolute Gasteiger partial charge is 0.243 e. The van der Waals surface area contributed by atoms with E-state index in [1.165, 1.54) is 0 Å². The Kier molecular flexibility index (Phi) is 5.36. The Hall–Kier alpha value is -2.38. The molecule has 154 valence electrons. The first kappa shape index (κ1) is 19.9. The van der Waals surface area contributed by atoms with E-state index in [1.807, 2.05) is 24.3 Å². The molecule has 0 aliphatic carbocycles.